The molecular weight excluding hydrogens is 242 g/mol. The van der Waals surface area contributed by atoms with Crippen molar-refractivity contribution in [1.29, 1.82) is 0 Å². The van der Waals surface area contributed by atoms with Gasteiger partial charge in [-0.1, -0.05) is 24.6 Å². The van der Waals surface area contributed by atoms with Crippen LogP contribution in [0.4, 0.5) is 0 Å². The minimum atomic E-state index is -0.145. The molecule has 0 unspecified atom stereocenters. The first-order valence-electron chi connectivity index (χ1n) is 5.52. The summed E-state index contributed by atoms with van der Waals surface area (Å²) in [4.78, 5) is 11.2. The number of rotatable bonds is 4. The van der Waals surface area contributed by atoms with Gasteiger partial charge in [0.25, 0.3) is 0 Å². The second-order valence-corrected chi connectivity index (χ2v) is 5.78. The number of nitrogens with zero attached hydrogens (tertiary/aromatic N) is 2. The van der Waals surface area contributed by atoms with Crippen molar-refractivity contribution >= 4 is 24.4 Å². The quantitative estimate of drug-likeness (QED) is 0.639. The van der Waals surface area contributed by atoms with Crippen LogP contribution in [0.1, 0.15) is 25.7 Å². The van der Waals surface area contributed by atoms with Crippen molar-refractivity contribution in [1.82, 2.24) is 14.8 Å². The molecule has 1 aliphatic rings. The van der Waals surface area contributed by atoms with Gasteiger partial charge in [0.05, 0.1) is 0 Å². The molecule has 0 aromatic carbocycles. The predicted molar refractivity (Wildman–Crippen MR) is 69.3 cm³/mol. The van der Waals surface area contributed by atoms with Gasteiger partial charge in [-0.05, 0) is 24.0 Å². The highest BCUT2D eigenvalue weighted by Gasteiger charge is 2.32. The summed E-state index contributed by atoms with van der Waals surface area (Å²) in [5.41, 5.74) is 0.205. The summed E-state index contributed by atoms with van der Waals surface area (Å²) in [6.07, 6.45) is 5.12. The highest BCUT2D eigenvalue weighted by Crippen LogP contribution is 2.42. The average molecular weight is 259 g/mol. The molecule has 0 amide bonds. The van der Waals surface area contributed by atoms with Crippen molar-refractivity contribution in [2.75, 3.05) is 11.5 Å². The Hall–Kier alpha value is -0.360. The second-order valence-electron chi connectivity index (χ2n) is 4.52. The molecule has 16 heavy (non-hydrogen) atoms. The lowest BCUT2D eigenvalue weighted by Crippen LogP contribution is -2.22. The molecule has 1 aromatic heterocycles. The van der Waals surface area contributed by atoms with Crippen molar-refractivity contribution in [2.24, 2.45) is 12.5 Å². The Kier molecular flexibility index (Phi) is 3.69. The zero-order chi connectivity index (χ0) is 11.6. The van der Waals surface area contributed by atoms with Crippen LogP contribution in [0.5, 0.6) is 0 Å². The topological polar surface area (TPSA) is 50.7 Å². The maximum Gasteiger partial charge on any atom is 0.343 e. The van der Waals surface area contributed by atoms with E-state index in [0.717, 1.165) is 16.7 Å². The summed E-state index contributed by atoms with van der Waals surface area (Å²) < 4.78 is 1.56. The normalized spacial score (nSPS) is 19.1. The SMILES string of the molecule is Cn1c(SCC2(CS)CCCC2)n[nH]c1=O. The van der Waals surface area contributed by atoms with E-state index in [2.05, 4.69) is 22.8 Å². The molecule has 0 aliphatic heterocycles. The smallest absolute Gasteiger partial charge is 0.273 e. The van der Waals surface area contributed by atoms with Crippen LogP contribution in [0.15, 0.2) is 9.95 Å². The summed E-state index contributed by atoms with van der Waals surface area (Å²) in [6.45, 7) is 0. The molecule has 2 rings (SSSR count). The molecular formula is C10H17N3OS2. The molecule has 0 atom stereocenters. The maximum atomic E-state index is 11.2. The standard InChI is InChI=1S/C10H17N3OS2/c1-13-8(14)11-12-9(13)16-7-10(6-15)4-2-3-5-10/h15H,2-7H2,1H3,(H,11,14). The van der Waals surface area contributed by atoms with E-state index in [1.807, 2.05) is 0 Å². The summed E-state index contributed by atoms with van der Waals surface area (Å²) in [5, 5.41) is 7.24. The van der Waals surface area contributed by atoms with E-state index in [4.69, 9.17) is 0 Å². The number of aromatic amines is 1. The minimum Gasteiger partial charge on any atom is -0.273 e. The third-order valence-electron chi connectivity index (χ3n) is 3.35. The van der Waals surface area contributed by atoms with E-state index >= 15 is 0 Å². The second kappa shape index (κ2) is 4.87. The van der Waals surface area contributed by atoms with Crippen molar-refractivity contribution in [2.45, 2.75) is 30.8 Å². The molecule has 1 aromatic rings. The van der Waals surface area contributed by atoms with E-state index in [1.54, 1.807) is 23.4 Å². The molecule has 1 saturated carbocycles. The Morgan fingerprint density at radius 1 is 1.56 bits per heavy atom. The van der Waals surface area contributed by atoms with Gasteiger partial charge in [-0.2, -0.15) is 12.6 Å². The first kappa shape index (κ1) is 12.1. The van der Waals surface area contributed by atoms with Crippen molar-refractivity contribution in [3.05, 3.63) is 10.5 Å². The lowest BCUT2D eigenvalue weighted by atomic mass is 9.91. The molecule has 0 spiro atoms. The van der Waals surface area contributed by atoms with Gasteiger partial charge in [-0.15, -0.1) is 5.10 Å². The highest BCUT2D eigenvalue weighted by atomic mass is 32.2. The van der Waals surface area contributed by atoms with Crippen molar-refractivity contribution in [3.8, 4) is 0 Å². The number of H-pyrrole nitrogens is 1. The van der Waals surface area contributed by atoms with Gasteiger partial charge < -0.3 is 0 Å². The third-order valence-corrected chi connectivity index (χ3v) is 5.40. The molecule has 1 heterocycles. The Morgan fingerprint density at radius 3 is 2.75 bits per heavy atom. The first-order valence-corrected chi connectivity index (χ1v) is 7.14. The molecule has 4 nitrogen and oxygen atoms in total. The van der Waals surface area contributed by atoms with E-state index in [-0.39, 0.29) is 5.69 Å². The predicted octanol–water partition coefficient (Wildman–Crippen LogP) is 1.69. The highest BCUT2D eigenvalue weighted by molar-refractivity contribution is 7.99. The molecule has 6 heteroatoms. The molecule has 90 valence electrons. The zero-order valence-electron chi connectivity index (χ0n) is 9.40. The average Bonchev–Trinajstić information content (AvgIpc) is 2.87. The van der Waals surface area contributed by atoms with E-state index in [1.165, 1.54) is 25.7 Å². The lowest BCUT2D eigenvalue weighted by Gasteiger charge is -2.25. The Morgan fingerprint density at radius 2 is 2.25 bits per heavy atom. The number of hydrogen-bond donors (Lipinski definition) is 2. The molecule has 0 radical (unpaired) electrons. The van der Waals surface area contributed by atoms with Crippen LogP contribution in [0, 0.1) is 5.41 Å². The maximum absolute atomic E-state index is 11.2. The van der Waals surface area contributed by atoms with Gasteiger partial charge in [0, 0.05) is 12.8 Å². The zero-order valence-corrected chi connectivity index (χ0v) is 11.1. The number of thiol groups is 1. The largest absolute Gasteiger partial charge is 0.343 e. The molecule has 0 saturated heterocycles. The fourth-order valence-corrected chi connectivity index (χ4v) is 3.94. The molecule has 1 aliphatic carbocycles. The van der Waals surface area contributed by atoms with Crippen LogP contribution in [-0.2, 0) is 7.05 Å². The van der Waals surface area contributed by atoms with E-state index < -0.39 is 0 Å². The van der Waals surface area contributed by atoms with Crippen LogP contribution in [0.25, 0.3) is 0 Å². The first-order chi connectivity index (χ1) is 7.67. The van der Waals surface area contributed by atoms with Crippen LogP contribution in [-0.4, -0.2) is 26.3 Å². The number of aromatic nitrogens is 3. The Bertz CT molecular complexity index is 406. The van der Waals surface area contributed by atoms with E-state index in [9.17, 15) is 4.79 Å². The summed E-state index contributed by atoms with van der Waals surface area (Å²) in [7, 11) is 1.75. The monoisotopic (exact) mass is 259 g/mol. The van der Waals surface area contributed by atoms with Crippen molar-refractivity contribution < 1.29 is 0 Å². The minimum absolute atomic E-state index is 0.145. The summed E-state index contributed by atoms with van der Waals surface area (Å²) in [6, 6.07) is 0. The van der Waals surface area contributed by atoms with Gasteiger partial charge in [0.15, 0.2) is 5.16 Å². The van der Waals surface area contributed by atoms with Gasteiger partial charge in [-0.3, -0.25) is 4.57 Å². The van der Waals surface area contributed by atoms with Crippen LogP contribution in [0.3, 0.4) is 0 Å². The van der Waals surface area contributed by atoms with Crippen LogP contribution >= 0.6 is 24.4 Å². The fraction of sp³-hybridized carbons (Fsp3) is 0.800. The van der Waals surface area contributed by atoms with Gasteiger partial charge >= 0.3 is 5.69 Å². The van der Waals surface area contributed by atoms with Gasteiger partial charge in [0.1, 0.15) is 0 Å². The van der Waals surface area contributed by atoms with Gasteiger partial charge in [-0.25, -0.2) is 9.89 Å². The third kappa shape index (κ3) is 2.32. The summed E-state index contributed by atoms with van der Waals surface area (Å²) in [5.74, 6) is 1.94. The lowest BCUT2D eigenvalue weighted by molar-refractivity contribution is 0.403. The Balaban J connectivity index is 2.01. The molecule has 1 fully saturated rings. The molecule has 0 bridgehead atoms. The Labute approximate surface area is 105 Å². The summed E-state index contributed by atoms with van der Waals surface area (Å²) >= 11 is 6.13. The van der Waals surface area contributed by atoms with Crippen LogP contribution < -0.4 is 5.69 Å². The van der Waals surface area contributed by atoms with E-state index in [0.29, 0.717) is 5.41 Å². The fourth-order valence-electron chi connectivity index (χ4n) is 2.15. The van der Waals surface area contributed by atoms with Crippen molar-refractivity contribution in [3.63, 3.8) is 0 Å². The number of nitrogens with one attached hydrogen (secondary N) is 1. The number of hydrogen-bond acceptors (Lipinski definition) is 4. The van der Waals surface area contributed by atoms with Gasteiger partial charge in [0.2, 0.25) is 0 Å². The van der Waals surface area contributed by atoms with Crippen LogP contribution in [0.2, 0.25) is 0 Å². The number of thioether (sulfide) groups is 1. The molecule has 1 N–H and O–H groups in total.